The number of amides is 2. The van der Waals surface area contributed by atoms with E-state index in [4.69, 9.17) is 10.00 Å². The molecule has 30 heavy (non-hydrogen) atoms. The molecule has 1 N–H and O–H groups in total. The molecule has 0 bridgehead atoms. The molecule has 1 aliphatic heterocycles. The van der Waals surface area contributed by atoms with Gasteiger partial charge >= 0.3 is 5.97 Å². The smallest absolute Gasteiger partial charge is 0.328 e. The number of esters is 1. The molecule has 0 spiro atoms. The average Bonchev–Trinajstić information content (AvgIpc) is 3.02. The Morgan fingerprint density at radius 3 is 2.77 bits per heavy atom. The van der Waals surface area contributed by atoms with Crippen LogP contribution < -0.4 is 5.32 Å². The molecule has 162 valence electrons. The molecule has 2 amide bonds. The van der Waals surface area contributed by atoms with Crippen LogP contribution in [-0.4, -0.2) is 41.4 Å². The van der Waals surface area contributed by atoms with Crippen LogP contribution in [0, 0.1) is 28.9 Å². The quantitative estimate of drug-likeness (QED) is 0.488. The summed E-state index contributed by atoms with van der Waals surface area (Å²) < 4.78 is 32.4. The molecule has 0 aromatic heterocycles. The zero-order chi connectivity index (χ0) is 22.3. The zero-order valence-corrected chi connectivity index (χ0v) is 17.0. The number of likely N-dealkylation sites (tertiary alicyclic amines) is 1. The number of nitrogens with one attached hydrogen (secondary N) is 1. The molecule has 1 fully saturated rings. The maximum absolute atomic E-state index is 14.0. The van der Waals surface area contributed by atoms with Crippen LogP contribution in [0.3, 0.4) is 0 Å². The Labute approximate surface area is 174 Å². The maximum atomic E-state index is 14.0. The first-order chi connectivity index (χ1) is 14.2. The molecule has 9 heteroatoms. The molecule has 1 aromatic rings. The molecule has 1 aromatic carbocycles. The van der Waals surface area contributed by atoms with Crippen LogP contribution in [0.5, 0.6) is 0 Å². The van der Waals surface area contributed by atoms with Crippen molar-refractivity contribution >= 4 is 17.8 Å². The lowest BCUT2D eigenvalue weighted by Crippen LogP contribution is -2.47. The predicted molar refractivity (Wildman–Crippen MR) is 103 cm³/mol. The van der Waals surface area contributed by atoms with E-state index in [2.05, 4.69) is 5.32 Å². The summed E-state index contributed by atoms with van der Waals surface area (Å²) in [4.78, 5) is 38.3. The molecule has 0 aliphatic carbocycles. The highest BCUT2D eigenvalue weighted by molar-refractivity contribution is 5.86. The summed E-state index contributed by atoms with van der Waals surface area (Å²) in [5.41, 5.74) is 0.0387. The van der Waals surface area contributed by atoms with E-state index in [0.29, 0.717) is 6.42 Å². The number of hydrogen-bond acceptors (Lipinski definition) is 5. The van der Waals surface area contributed by atoms with E-state index in [-0.39, 0.29) is 49.8 Å². The number of carbonyl (C=O) groups excluding carboxylic acids is 3. The first-order valence-electron chi connectivity index (χ1n) is 9.79. The molecule has 0 unspecified atom stereocenters. The summed E-state index contributed by atoms with van der Waals surface area (Å²) in [5, 5.41) is 11.1. The van der Waals surface area contributed by atoms with Crippen LogP contribution in [0.25, 0.3) is 0 Å². The Bertz CT molecular complexity index is 838. The molecule has 7 nitrogen and oxygen atoms in total. The Hall–Kier alpha value is -3.02. The number of nitrogens with zero attached hydrogens (tertiary/aromatic N) is 2. The standard InChI is InChI=1S/C21H25F2N3O4/c1-13(2)20(21(29)30-10-4-9-24)25-17(27)11-15-7-8-18(28)26(15)12-14-5-3-6-16(22)19(14)23/h3,5-6,13,15,20H,4,7-8,10-12H2,1-2H3,(H,25,27)/t15-,20-/m0/s1. The topological polar surface area (TPSA) is 99.5 Å². The Balaban J connectivity index is 2.01. The summed E-state index contributed by atoms with van der Waals surface area (Å²) >= 11 is 0. The minimum absolute atomic E-state index is 0.0387. The number of hydrogen-bond donors (Lipinski definition) is 1. The van der Waals surface area contributed by atoms with Gasteiger partial charge in [-0.05, 0) is 18.4 Å². The highest BCUT2D eigenvalue weighted by atomic mass is 19.2. The van der Waals surface area contributed by atoms with Crippen molar-refractivity contribution in [2.75, 3.05) is 6.61 Å². The zero-order valence-electron chi connectivity index (χ0n) is 17.0. The van der Waals surface area contributed by atoms with E-state index < -0.39 is 35.6 Å². The SMILES string of the molecule is CC(C)[C@H](NC(=O)C[C@@H]1CCC(=O)N1Cc1cccc(F)c1F)C(=O)OCCC#N. The van der Waals surface area contributed by atoms with Gasteiger partial charge in [-0.15, -0.1) is 0 Å². The monoisotopic (exact) mass is 421 g/mol. The van der Waals surface area contributed by atoms with Gasteiger partial charge in [0, 0.05) is 31.0 Å². The normalized spacial score (nSPS) is 17.0. The van der Waals surface area contributed by atoms with Crippen molar-refractivity contribution in [3.8, 4) is 6.07 Å². The summed E-state index contributed by atoms with van der Waals surface area (Å²) in [6.07, 6.45) is 0.596. The van der Waals surface area contributed by atoms with Crippen LogP contribution in [0.15, 0.2) is 18.2 Å². The van der Waals surface area contributed by atoms with Crippen LogP contribution in [-0.2, 0) is 25.7 Å². The van der Waals surface area contributed by atoms with Crippen molar-refractivity contribution in [1.29, 1.82) is 5.26 Å². The van der Waals surface area contributed by atoms with Gasteiger partial charge in [0.25, 0.3) is 0 Å². The van der Waals surface area contributed by atoms with Gasteiger partial charge in [0.1, 0.15) is 12.6 Å². The Morgan fingerprint density at radius 1 is 1.37 bits per heavy atom. The molecule has 0 radical (unpaired) electrons. The van der Waals surface area contributed by atoms with Crippen LogP contribution in [0.1, 0.15) is 45.1 Å². The lowest BCUT2D eigenvalue weighted by Gasteiger charge is -2.26. The van der Waals surface area contributed by atoms with Crippen LogP contribution in [0.2, 0.25) is 0 Å². The van der Waals surface area contributed by atoms with Gasteiger partial charge in [-0.25, -0.2) is 13.6 Å². The van der Waals surface area contributed by atoms with Crippen molar-refractivity contribution in [1.82, 2.24) is 10.2 Å². The molecular weight excluding hydrogens is 396 g/mol. The third-order valence-electron chi connectivity index (χ3n) is 4.94. The van der Waals surface area contributed by atoms with Gasteiger partial charge in [0.05, 0.1) is 12.5 Å². The van der Waals surface area contributed by atoms with E-state index in [9.17, 15) is 23.2 Å². The van der Waals surface area contributed by atoms with E-state index in [1.54, 1.807) is 13.8 Å². The van der Waals surface area contributed by atoms with Crippen molar-refractivity contribution in [2.24, 2.45) is 5.92 Å². The molecule has 1 aliphatic rings. The van der Waals surface area contributed by atoms with Crippen LogP contribution in [0.4, 0.5) is 8.78 Å². The summed E-state index contributed by atoms with van der Waals surface area (Å²) in [5.74, 6) is -3.58. The Kier molecular flexibility index (Phi) is 8.27. The number of benzene rings is 1. The first-order valence-corrected chi connectivity index (χ1v) is 9.79. The fourth-order valence-electron chi connectivity index (χ4n) is 3.31. The van der Waals surface area contributed by atoms with Gasteiger partial charge in [-0.1, -0.05) is 26.0 Å². The van der Waals surface area contributed by atoms with E-state index in [1.165, 1.54) is 17.0 Å². The number of ether oxygens (including phenoxy) is 1. The second kappa shape index (κ2) is 10.7. The third kappa shape index (κ3) is 5.99. The second-order valence-electron chi connectivity index (χ2n) is 7.50. The average molecular weight is 421 g/mol. The minimum atomic E-state index is -1.01. The van der Waals surface area contributed by atoms with Gasteiger partial charge in [0.15, 0.2) is 11.6 Å². The molecule has 1 saturated heterocycles. The fourth-order valence-corrected chi connectivity index (χ4v) is 3.31. The fraction of sp³-hybridized carbons (Fsp3) is 0.524. The number of halogens is 2. The number of nitriles is 1. The van der Waals surface area contributed by atoms with E-state index >= 15 is 0 Å². The highest BCUT2D eigenvalue weighted by Crippen LogP contribution is 2.25. The van der Waals surface area contributed by atoms with Gasteiger partial charge in [0.2, 0.25) is 11.8 Å². The number of rotatable bonds is 9. The van der Waals surface area contributed by atoms with Crippen molar-refractivity contribution in [2.45, 2.75) is 58.2 Å². The molecule has 2 atom stereocenters. The molecule has 2 rings (SSSR count). The first kappa shape index (κ1) is 23.3. The molecule has 1 heterocycles. The van der Waals surface area contributed by atoms with Gasteiger partial charge < -0.3 is 15.0 Å². The van der Waals surface area contributed by atoms with Crippen molar-refractivity contribution < 1.29 is 27.9 Å². The Morgan fingerprint density at radius 2 is 2.10 bits per heavy atom. The summed E-state index contributed by atoms with van der Waals surface area (Å²) in [6.45, 7) is 3.30. The predicted octanol–water partition coefficient (Wildman–Crippen LogP) is 2.44. The second-order valence-corrected chi connectivity index (χ2v) is 7.50. The maximum Gasteiger partial charge on any atom is 0.328 e. The summed E-state index contributed by atoms with van der Waals surface area (Å²) in [6, 6.07) is 4.25. The molecule has 0 saturated carbocycles. The number of carbonyl (C=O) groups is 3. The van der Waals surface area contributed by atoms with Crippen molar-refractivity contribution in [3.63, 3.8) is 0 Å². The minimum Gasteiger partial charge on any atom is -0.463 e. The molecular formula is C21H25F2N3O4. The van der Waals surface area contributed by atoms with E-state index in [0.717, 1.165) is 6.07 Å². The van der Waals surface area contributed by atoms with Crippen molar-refractivity contribution in [3.05, 3.63) is 35.4 Å². The van der Waals surface area contributed by atoms with Gasteiger partial charge in [-0.2, -0.15) is 5.26 Å². The largest absolute Gasteiger partial charge is 0.463 e. The van der Waals surface area contributed by atoms with Gasteiger partial charge in [-0.3, -0.25) is 9.59 Å². The van der Waals surface area contributed by atoms with Crippen LogP contribution >= 0.6 is 0 Å². The van der Waals surface area contributed by atoms with E-state index in [1.807, 2.05) is 6.07 Å². The third-order valence-corrected chi connectivity index (χ3v) is 4.94. The lowest BCUT2D eigenvalue weighted by molar-refractivity contribution is -0.149. The summed E-state index contributed by atoms with van der Waals surface area (Å²) in [7, 11) is 0. The lowest BCUT2D eigenvalue weighted by atomic mass is 10.0. The highest BCUT2D eigenvalue weighted by Gasteiger charge is 2.34.